The molecular formula is C15H21ClN2O. The van der Waals surface area contributed by atoms with Crippen molar-refractivity contribution in [3.05, 3.63) is 29.0 Å². The fourth-order valence-corrected chi connectivity index (χ4v) is 3.78. The van der Waals surface area contributed by atoms with E-state index in [1.54, 1.807) is 6.20 Å². The second kappa shape index (κ2) is 5.39. The summed E-state index contributed by atoms with van der Waals surface area (Å²) in [5.41, 5.74) is 0.825. The number of aliphatic hydroxyl groups is 1. The molecule has 0 aromatic carbocycles. The summed E-state index contributed by atoms with van der Waals surface area (Å²) >= 11 is 5.93. The molecule has 2 heterocycles. The van der Waals surface area contributed by atoms with E-state index in [1.807, 2.05) is 12.1 Å². The van der Waals surface area contributed by atoms with Crippen molar-refractivity contribution in [3.8, 4) is 0 Å². The second-order valence-corrected chi connectivity index (χ2v) is 6.41. The number of nitrogens with zero attached hydrogens (tertiary/aromatic N) is 2. The molecule has 2 aliphatic rings. The first-order valence-electron chi connectivity index (χ1n) is 7.21. The molecule has 1 aliphatic heterocycles. The van der Waals surface area contributed by atoms with Gasteiger partial charge in [0.2, 0.25) is 0 Å². The largest absolute Gasteiger partial charge is 0.390 e. The van der Waals surface area contributed by atoms with Gasteiger partial charge in [0.15, 0.2) is 0 Å². The van der Waals surface area contributed by atoms with E-state index in [0.29, 0.717) is 11.1 Å². The van der Waals surface area contributed by atoms with Gasteiger partial charge in [-0.05, 0) is 37.0 Å². The molecule has 4 heteroatoms. The first kappa shape index (κ1) is 13.3. The number of likely N-dealkylation sites (tertiary alicyclic amines) is 1. The van der Waals surface area contributed by atoms with Gasteiger partial charge in [-0.3, -0.25) is 4.90 Å². The van der Waals surface area contributed by atoms with Gasteiger partial charge in [-0.1, -0.05) is 24.4 Å². The number of fused-ring (bicyclic) bond motifs is 1. The summed E-state index contributed by atoms with van der Waals surface area (Å²) in [6.07, 6.45) is 7.29. The maximum atomic E-state index is 10.7. The Hall–Kier alpha value is -0.640. The van der Waals surface area contributed by atoms with Gasteiger partial charge in [-0.25, -0.2) is 4.98 Å². The molecule has 1 aliphatic carbocycles. The lowest BCUT2D eigenvalue weighted by Crippen LogP contribution is -2.52. The summed E-state index contributed by atoms with van der Waals surface area (Å²) in [6.45, 7) is 2.90. The summed E-state index contributed by atoms with van der Waals surface area (Å²) in [4.78, 5) is 6.46. The Morgan fingerprint density at radius 3 is 3.16 bits per heavy atom. The predicted molar refractivity (Wildman–Crippen MR) is 76.0 cm³/mol. The monoisotopic (exact) mass is 280 g/mol. The molecule has 0 bridgehead atoms. The fraction of sp³-hybridized carbons (Fsp3) is 0.667. The third kappa shape index (κ3) is 2.93. The normalized spacial score (nSPS) is 32.0. The topological polar surface area (TPSA) is 36.4 Å². The van der Waals surface area contributed by atoms with E-state index >= 15 is 0 Å². The van der Waals surface area contributed by atoms with Crippen LogP contribution < -0.4 is 0 Å². The highest BCUT2D eigenvalue weighted by Crippen LogP contribution is 2.40. The lowest BCUT2D eigenvalue weighted by molar-refractivity contribution is -0.0967. The molecule has 1 aromatic rings. The van der Waals surface area contributed by atoms with E-state index < -0.39 is 0 Å². The summed E-state index contributed by atoms with van der Waals surface area (Å²) < 4.78 is 0. The number of rotatable bonds is 2. The van der Waals surface area contributed by atoms with Gasteiger partial charge < -0.3 is 5.11 Å². The number of piperidine rings is 1. The zero-order chi connectivity index (χ0) is 13.3. The Morgan fingerprint density at radius 2 is 2.32 bits per heavy atom. The van der Waals surface area contributed by atoms with Crippen LogP contribution in [0.15, 0.2) is 18.3 Å². The Labute approximate surface area is 119 Å². The molecule has 1 saturated carbocycles. The fourth-order valence-electron chi connectivity index (χ4n) is 3.58. The Balaban J connectivity index is 1.65. The lowest BCUT2D eigenvalue weighted by Gasteiger charge is -2.47. The molecule has 3 rings (SSSR count). The van der Waals surface area contributed by atoms with Crippen LogP contribution in [0.1, 0.15) is 37.7 Å². The van der Waals surface area contributed by atoms with Crippen LogP contribution in [0.4, 0.5) is 0 Å². The van der Waals surface area contributed by atoms with Crippen molar-refractivity contribution in [1.82, 2.24) is 9.88 Å². The van der Waals surface area contributed by atoms with Crippen LogP contribution in [-0.4, -0.2) is 33.7 Å². The molecule has 0 radical (unpaired) electrons. The van der Waals surface area contributed by atoms with Gasteiger partial charge in [0, 0.05) is 31.7 Å². The number of hydrogen-bond acceptors (Lipinski definition) is 3. The van der Waals surface area contributed by atoms with Crippen molar-refractivity contribution >= 4 is 11.6 Å². The van der Waals surface area contributed by atoms with E-state index in [2.05, 4.69) is 9.88 Å². The number of aromatic nitrogens is 1. The molecule has 1 N–H and O–H groups in total. The Kier molecular flexibility index (Phi) is 3.79. The maximum Gasteiger partial charge on any atom is 0.129 e. The van der Waals surface area contributed by atoms with Crippen LogP contribution in [0.2, 0.25) is 5.15 Å². The average Bonchev–Trinajstić information content (AvgIpc) is 2.39. The van der Waals surface area contributed by atoms with Crippen LogP contribution >= 0.6 is 11.6 Å². The standard InChI is InChI=1S/C15H21ClN2O/c16-14-9-12(4-7-17-14)10-18-8-6-15(19)5-2-1-3-13(15)11-18/h4,7,9,13,19H,1-3,5-6,8,10-11H2. The third-order valence-corrected chi connectivity index (χ3v) is 4.92. The van der Waals surface area contributed by atoms with Gasteiger partial charge in [-0.15, -0.1) is 0 Å². The highest BCUT2D eigenvalue weighted by Gasteiger charge is 2.42. The van der Waals surface area contributed by atoms with Crippen molar-refractivity contribution in [2.45, 2.75) is 44.2 Å². The Morgan fingerprint density at radius 1 is 1.42 bits per heavy atom. The molecule has 19 heavy (non-hydrogen) atoms. The van der Waals surface area contributed by atoms with Crippen molar-refractivity contribution in [1.29, 1.82) is 0 Å². The van der Waals surface area contributed by atoms with Crippen LogP contribution in [0.5, 0.6) is 0 Å². The van der Waals surface area contributed by atoms with Crippen LogP contribution in [-0.2, 0) is 6.54 Å². The van der Waals surface area contributed by atoms with Crippen molar-refractivity contribution in [2.24, 2.45) is 5.92 Å². The van der Waals surface area contributed by atoms with Crippen molar-refractivity contribution < 1.29 is 5.11 Å². The third-order valence-electron chi connectivity index (χ3n) is 4.71. The quantitative estimate of drug-likeness (QED) is 0.847. The zero-order valence-corrected chi connectivity index (χ0v) is 11.9. The minimum atomic E-state index is -0.384. The van der Waals surface area contributed by atoms with Gasteiger partial charge >= 0.3 is 0 Å². The second-order valence-electron chi connectivity index (χ2n) is 6.02. The van der Waals surface area contributed by atoms with Gasteiger partial charge in [-0.2, -0.15) is 0 Å². The van der Waals surface area contributed by atoms with Crippen molar-refractivity contribution in [3.63, 3.8) is 0 Å². The van der Waals surface area contributed by atoms with Crippen molar-refractivity contribution in [2.75, 3.05) is 13.1 Å². The van der Waals surface area contributed by atoms with E-state index in [1.165, 1.54) is 24.8 Å². The highest BCUT2D eigenvalue weighted by molar-refractivity contribution is 6.29. The maximum absolute atomic E-state index is 10.7. The van der Waals surface area contributed by atoms with Crippen LogP contribution in [0.25, 0.3) is 0 Å². The smallest absolute Gasteiger partial charge is 0.129 e. The van der Waals surface area contributed by atoms with Gasteiger partial charge in [0.1, 0.15) is 5.15 Å². The molecule has 2 unspecified atom stereocenters. The number of halogens is 1. The number of hydrogen-bond donors (Lipinski definition) is 1. The molecule has 1 aromatic heterocycles. The minimum Gasteiger partial charge on any atom is -0.390 e. The first-order chi connectivity index (χ1) is 9.16. The molecule has 0 amide bonds. The van der Waals surface area contributed by atoms with E-state index in [-0.39, 0.29) is 5.60 Å². The summed E-state index contributed by atoms with van der Waals surface area (Å²) in [5.74, 6) is 0.451. The molecule has 0 spiro atoms. The molecular weight excluding hydrogens is 260 g/mol. The number of pyridine rings is 1. The molecule has 3 nitrogen and oxygen atoms in total. The molecule has 1 saturated heterocycles. The summed E-state index contributed by atoms with van der Waals surface area (Å²) in [5, 5.41) is 11.2. The van der Waals surface area contributed by atoms with E-state index in [4.69, 9.17) is 11.6 Å². The average molecular weight is 281 g/mol. The molecule has 2 fully saturated rings. The Bertz CT molecular complexity index is 454. The summed E-state index contributed by atoms with van der Waals surface area (Å²) in [7, 11) is 0. The highest BCUT2D eigenvalue weighted by atomic mass is 35.5. The van der Waals surface area contributed by atoms with Gasteiger partial charge in [0.05, 0.1) is 5.60 Å². The first-order valence-corrected chi connectivity index (χ1v) is 7.59. The van der Waals surface area contributed by atoms with Crippen LogP contribution in [0, 0.1) is 5.92 Å². The predicted octanol–water partition coefficient (Wildman–Crippen LogP) is 2.86. The molecule has 2 atom stereocenters. The van der Waals surface area contributed by atoms with Gasteiger partial charge in [0.25, 0.3) is 0 Å². The minimum absolute atomic E-state index is 0.384. The van der Waals surface area contributed by atoms with E-state index in [9.17, 15) is 5.11 Å². The zero-order valence-electron chi connectivity index (χ0n) is 11.2. The van der Waals surface area contributed by atoms with Crippen LogP contribution in [0.3, 0.4) is 0 Å². The molecule has 104 valence electrons. The SMILES string of the molecule is OC12CCCCC1CN(Cc1ccnc(Cl)c1)CC2. The van der Waals surface area contributed by atoms with E-state index in [0.717, 1.165) is 32.5 Å². The summed E-state index contributed by atoms with van der Waals surface area (Å²) in [6, 6.07) is 3.96. The lowest BCUT2D eigenvalue weighted by atomic mass is 9.71.